The second-order valence-corrected chi connectivity index (χ2v) is 5.35. The Morgan fingerprint density at radius 2 is 1.89 bits per heavy atom. The van der Waals surface area contributed by atoms with Crippen LogP contribution in [-0.2, 0) is 6.54 Å². The summed E-state index contributed by atoms with van der Waals surface area (Å²) in [6.07, 6.45) is 0. The molecule has 4 heteroatoms. The number of aliphatic hydroxyl groups is 1. The molecule has 0 aliphatic carbocycles. The molecule has 0 aliphatic rings. The van der Waals surface area contributed by atoms with E-state index in [-0.39, 0.29) is 18.0 Å². The van der Waals surface area contributed by atoms with Gasteiger partial charge < -0.3 is 15.3 Å². The van der Waals surface area contributed by atoms with Gasteiger partial charge in [0.25, 0.3) is 0 Å². The Kier molecular flexibility index (Phi) is 5.76. The topological polar surface area (TPSA) is 35.5 Å². The molecule has 19 heavy (non-hydrogen) atoms. The van der Waals surface area contributed by atoms with Crippen LogP contribution in [0.15, 0.2) is 18.2 Å². The van der Waals surface area contributed by atoms with E-state index in [0.717, 1.165) is 18.7 Å². The van der Waals surface area contributed by atoms with Crippen molar-refractivity contribution in [1.82, 2.24) is 5.32 Å². The number of anilines is 1. The van der Waals surface area contributed by atoms with Gasteiger partial charge in [0.1, 0.15) is 5.82 Å². The van der Waals surface area contributed by atoms with Crippen molar-refractivity contribution in [2.45, 2.75) is 39.8 Å². The molecule has 0 unspecified atom stereocenters. The number of benzene rings is 1. The lowest BCUT2D eigenvalue weighted by Crippen LogP contribution is -2.42. The fraction of sp³-hybridized carbons (Fsp3) is 0.600. The summed E-state index contributed by atoms with van der Waals surface area (Å²) in [5.41, 5.74) is 1.18. The van der Waals surface area contributed by atoms with Gasteiger partial charge in [0.2, 0.25) is 0 Å². The Morgan fingerprint density at radius 1 is 1.26 bits per heavy atom. The Morgan fingerprint density at radius 3 is 2.37 bits per heavy atom. The second kappa shape index (κ2) is 6.87. The van der Waals surface area contributed by atoms with E-state index >= 15 is 0 Å². The molecule has 1 aromatic rings. The highest BCUT2D eigenvalue weighted by Crippen LogP contribution is 2.20. The highest BCUT2D eigenvalue weighted by Gasteiger charge is 2.15. The fourth-order valence-electron chi connectivity index (χ4n) is 1.88. The highest BCUT2D eigenvalue weighted by atomic mass is 19.1. The zero-order chi connectivity index (χ0) is 14.5. The minimum absolute atomic E-state index is 0.0486. The average Bonchev–Trinajstić information content (AvgIpc) is 2.40. The van der Waals surface area contributed by atoms with Crippen LogP contribution in [0.3, 0.4) is 0 Å². The van der Waals surface area contributed by atoms with E-state index in [4.69, 9.17) is 5.11 Å². The van der Waals surface area contributed by atoms with Gasteiger partial charge in [-0.15, -0.1) is 0 Å². The number of nitrogens with zero attached hydrogens (tertiary/aromatic N) is 1. The van der Waals surface area contributed by atoms with Crippen molar-refractivity contribution in [2.24, 2.45) is 0 Å². The molecule has 0 amide bonds. The Balaban J connectivity index is 2.77. The second-order valence-electron chi connectivity index (χ2n) is 5.35. The monoisotopic (exact) mass is 268 g/mol. The van der Waals surface area contributed by atoms with Crippen molar-refractivity contribution in [3.05, 3.63) is 29.6 Å². The molecule has 2 N–H and O–H groups in total. The van der Waals surface area contributed by atoms with Crippen molar-refractivity contribution >= 4 is 5.69 Å². The summed E-state index contributed by atoms with van der Waals surface area (Å²) < 4.78 is 14.1. The summed E-state index contributed by atoms with van der Waals surface area (Å²) in [5.74, 6) is -0.190. The largest absolute Gasteiger partial charge is 0.394 e. The maximum absolute atomic E-state index is 14.1. The molecule has 0 fully saturated rings. The molecular formula is C15H25FN2O. The molecule has 0 saturated carbocycles. The van der Waals surface area contributed by atoms with E-state index in [1.807, 2.05) is 44.7 Å². The highest BCUT2D eigenvalue weighted by molar-refractivity contribution is 5.49. The van der Waals surface area contributed by atoms with Gasteiger partial charge in [0.05, 0.1) is 12.3 Å². The number of hydrogen-bond donors (Lipinski definition) is 2. The predicted octanol–water partition coefficient (Wildman–Crippen LogP) is 2.53. The van der Waals surface area contributed by atoms with Crippen molar-refractivity contribution < 1.29 is 9.50 Å². The number of aliphatic hydroxyl groups excluding tert-OH is 1. The Bertz CT molecular complexity index is 403. The molecule has 108 valence electrons. The third-order valence-corrected chi connectivity index (χ3v) is 3.28. The van der Waals surface area contributed by atoms with Gasteiger partial charge >= 0.3 is 0 Å². The molecule has 0 spiro atoms. The van der Waals surface area contributed by atoms with E-state index in [1.54, 1.807) is 6.07 Å². The van der Waals surface area contributed by atoms with Crippen molar-refractivity contribution in [2.75, 3.05) is 24.6 Å². The fourth-order valence-corrected chi connectivity index (χ4v) is 1.88. The lowest BCUT2D eigenvalue weighted by Gasteiger charge is -2.24. The van der Waals surface area contributed by atoms with Gasteiger partial charge in [0.15, 0.2) is 0 Å². The molecule has 0 heterocycles. The van der Waals surface area contributed by atoms with Gasteiger partial charge in [-0.25, -0.2) is 4.39 Å². The Hall–Kier alpha value is -1.13. The maximum atomic E-state index is 14.1. The van der Waals surface area contributed by atoms with Crippen molar-refractivity contribution in [3.8, 4) is 0 Å². The summed E-state index contributed by atoms with van der Waals surface area (Å²) in [7, 11) is 0. The van der Waals surface area contributed by atoms with Gasteiger partial charge in [0, 0.05) is 25.2 Å². The standard InChI is InChI=1S/C15H25FN2O/c1-5-18(6-2)14-8-7-12(9-13(14)16)10-17-15(3,4)11-19/h7-9,17,19H,5-6,10-11H2,1-4H3. The third kappa shape index (κ3) is 4.48. The maximum Gasteiger partial charge on any atom is 0.146 e. The molecule has 3 nitrogen and oxygen atoms in total. The van der Waals surface area contributed by atoms with Crippen LogP contribution in [0.2, 0.25) is 0 Å². The molecule has 0 bridgehead atoms. The Labute approximate surface area is 115 Å². The zero-order valence-corrected chi connectivity index (χ0v) is 12.3. The zero-order valence-electron chi connectivity index (χ0n) is 12.3. The van der Waals surface area contributed by atoms with E-state index in [0.29, 0.717) is 12.2 Å². The van der Waals surface area contributed by atoms with Gasteiger partial charge in [-0.1, -0.05) is 6.07 Å². The summed E-state index contributed by atoms with van der Waals surface area (Å²) in [6, 6.07) is 5.32. The van der Waals surface area contributed by atoms with Crippen LogP contribution in [0.1, 0.15) is 33.3 Å². The first-order valence-electron chi connectivity index (χ1n) is 6.82. The van der Waals surface area contributed by atoms with E-state index in [9.17, 15) is 4.39 Å². The first-order valence-corrected chi connectivity index (χ1v) is 6.82. The summed E-state index contributed by atoms with van der Waals surface area (Å²) in [6.45, 7) is 10.0. The van der Waals surface area contributed by atoms with Crippen LogP contribution in [0, 0.1) is 5.82 Å². The van der Waals surface area contributed by atoms with Gasteiger partial charge in [-0.3, -0.25) is 0 Å². The van der Waals surface area contributed by atoms with Gasteiger partial charge in [-0.2, -0.15) is 0 Å². The van der Waals surface area contributed by atoms with Crippen LogP contribution in [0.25, 0.3) is 0 Å². The number of halogens is 1. The number of nitrogens with one attached hydrogen (secondary N) is 1. The first-order chi connectivity index (χ1) is 8.93. The SMILES string of the molecule is CCN(CC)c1ccc(CNC(C)(C)CO)cc1F. The number of hydrogen-bond acceptors (Lipinski definition) is 3. The summed E-state index contributed by atoms with van der Waals surface area (Å²) in [5, 5.41) is 12.4. The third-order valence-electron chi connectivity index (χ3n) is 3.28. The van der Waals surface area contributed by atoms with Crippen LogP contribution >= 0.6 is 0 Å². The molecule has 0 atom stereocenters. The normalized spacial score (nSPS) is 11.7. The van der Waals surface area contributed by atoms with E-state index in [2.05, 4.69) is 5.32 Å². The lowest BCUT2D eigenvalue weighted by molar-refractivity contribution is 0.187. The molecule has 1 aromatic carbocycles. The van der Waals surface area contributed by atoms with Gasteiger partial charge in [-0.05, 0) is 45.4 Å². The van der Waals surface area contributed by atoms with E-state index in [1.165, 1.54) is 0 Å². The lowest BCUT2D eigenvalue weighted by atomic mass is 10.1. The molecule has 0 radical (unpaired) electrons. The molecule has 1 rings (SSSR count). The summed E-state index contributed by atoms with van der Waals surface area (Å²) >= 11 is 0. The molecule has 0 aromatic heterocycles. The quantitative estimate of drug-likeness (QED) is 0.797. The number of rotatable bonds is 7. The predicted molar refractivity (Wildman–Crippen MR) is 78.0 cm³/mol. The minimum atomic E-state index is -0.353. The van der Waals surface area contributed by atoms with Crippen LogP contribution in [0.5, 0.6) is 0 Å². The first kappa shape index (κ1) is 15.9. The minimum Gasteiger partial charge on any atom is -0.394 e. The van der Waals surface area contributed by atoms with Crippen LogP contribution in [-0.4, -0.2) is 30.3 Å². The smallest absolute Gasteiger partial charge is 0.146 e. The van der Waals surface area contributed by atoms with Crippen LogP contribution < -0.4 is 10.2 Å². The molecule has 0 aliphatic heterocycles. The van der Waals surface area contributed by atoms with Crippen molar-refractivity contribution in [3.63, 3.8) is 0 Å². The average molecular weight is 268 g/mol. The van der Waals surface area contributed by atoms with Crippen molar-refractivity contribution in [1.29, 1.82) is 0 Å². The van der Waals surface area contributed by atoms with E-state index < -0.39 is 0 Å². The molecular weight excluding hydrogens is 243 g/mol. The summed E-state index contributed by atoms with van der Waals surface area (Å²) in [4.78, 5) is 1.99. The van der Waals surface area contributed by atoms with Crippen LogP contribution in [0.4, 0.5) is 10.1 Å². The molecule has 0 saturated heterocycles.